The quantitative estimate of drug-likeness (QED) is 0.574. The van der Waals surface area contributed by atoms with Crippen LogP contribution in [-0.2, 0) is 5.41 Å². The van der Waals surface area contributed by atoms with Crippen molar-refractivity contribution in [3.8, 4) is 23.4 Å². The lowest BCUT2D eigenvalue weighted by Crippen LogP contribution is -2.07. The molecule has 0 aliphatic carbocycles. The molecule has 0 radical (unpaired) electrons. The van der Waals surface area contributed by atoms with E-state index < -0.39 is 0 Å². The zero-order valence-electron chi connectivity index (χ0n) is 13.1. The highest BCUT2D eigenvalue weighted by molar-refractivity contribution is 7.16. The zero-order valence-corrected chi connectivity index (χ0v) is 14.6. The Morgan fingerprint density at radius 1 is 1.13 bits per heavy atom. The van der Waals surface area contributed by atoms with E-state index in [4.69, 9.17) is 16.0 Å². The molecule has 3 aromatic heterocycles. The molecule has 0 saturated carbocycles. The first-order valence-corrected chi connectivity index (χ1v) is 8.31. The average molecular weight is 343 g/mol. The van der Waals surface area contributed by atoms with E-state index in [0.29, 0.717) is 11.6 Å². The van der Waals surface area contributed by atoms with Crippen molar-refractivity contribution in [3.05, 3.63) is 57.2 Å². The average Bonchev–Trinajstić information content (AvgIpc) is 3.14. The van der Waals surface area contributed by atoms with E-state index >= 15 is 0 Å². The highest BCUT2D eigenvalue weighted by Gasteiger charge is 2.18. The first kappa shape index (κ1) is 15.8. The standard InChI is InChI=1S/C18H15ClN2OS/c1-18(2,3)15-11-13(16(19)23-15)5-4-12-6-7-20-14(10-12)17-21-8-9-22-17/h6-11H,1-3H3. The van der Waals surface area contributed by atoms with Gasteiger partial charge >= 0.3 is 0 Å². The van der Waals surface area contributed by atoms with Crippen molar-refractivity contribution in [1.29, 1.82) is 0 Å². The Kier molecular flexibility index (Phi) is 4.25. The molecule has 0 bridgehead atoms. The zero-order chi connectivity index (χ0) is 16.4. The van der Waals surface area contributed by atoms with E-state index in [9.17, 15) is 0 Å². The third-order valence-electron chi connectivity index (χ3n) is 3.18. The Morgan fingerprint density at radius 3 is 2.61 bits per heavy atom. The predicted octanol–water partition coefficient (Wildman–Crippen LogP) is 5.15. The number of nitrogens with zero attached hydrogens (tertiary/aromatic N) is 2. The number of hydrogen-bond acceptors (Lipinski definition) is 4. The molecule has 0 spiro atoms. The molecule has 0 unspecified atom stereocenters. The maximum atomic E-state index is 6.31. The SMILES string of the molecule is CC(C)(C)c1cc(C#Cc2ccnc(-c3ncco3)c2)c(Cl)s1. The van der Waals surface area contributed by atoms with Crippen molar-refractivity contribution < 1.29 is 4.42 Å². The second kappa shape index (κ2) is 6.19. The molecule has 3 aromatic rings. The number of halogens is 1. The molecule has 23 heavy (non-hydrogen) atoms. The van der Waals surface area contributed by atoms with Crippen LogP contribution in [0.3, 0.4) is 0 Å². The molecular formula is C18H15ClN2OS. The van der Waals surface area contributed by atoms with Gasteiger partial charge in [0.05, 0.1) is 11.8 Å². The van der Waals surface area contributed by atoms with Gasteiger partial charge in [0, 0.05) is 16.6 Å². The summed E-state index contributed by atoms with van der Waals surface area (Å²) >= 11 is 7.89. The Balaban J connectivity index is 1.91. The van der Waals surface area contributed by atoms with E-state index in [1.165, 1.54) is 11.1 Å². The molecule has 0 amide bonds. The number of rotatable bonds is 1. The van der Waals surface area contributed by atoms with Crippen LogP contribution in [0.5, 0.6) is 0 Å². The largest absolute Gasteiger partial charge is 0.443 e. The third kappa shape index (κ3) is 3.64. The fourth-order valence-electron chi connectivity index (χ4n) is 1.94. The van der Waals surface area contributed by atoms with Gasteiger partial charge in [-0.3, -0.25) is 4.98 Å². The summed E-state index contributed by atoms with van der Waals surface area (Å²) < 4.78 is 5.98. The van der Waals surface area contributed by atoms with Gasteiger partial charge in [-0.25, -0.2) is 4.98 Å². The van der Waals surface area contributed by atoms with E-state index in [1.807, 2.05) is 12.1 Å². The molecule has 0 fully saturated rings. The van der Waals surface area contributed by atoms with Crippen LogP contribution in [-0.4, -0.2) is 9.97 Å². The summed E-state index contributed by atoms with van der Waals surface area (Å²) in [5, 5.41) is 0. The Morgan fingerprint density at radius 2 is 1.96 bits per heavy atom. The monoisotopic (exact) mass is 342 g/mol. The smallest absolute Gasteiger partial charge is 0.245 e. The molecule has 0 aliphatic heterocycles. The number of aromatic nitrogens is 2. The second-order valence-electron chi connectivity index (χ2n) is 6.07. The van der Waals surface area contributed by atoms with Gasteiger partial charge < -0.3 is 4.42 Å². The predicted molar refractivity (Wildman–Crippen MR) is 93.7 cm³/mol. The van der Waals surface area contributed by atoms with E-state index in [0.717, 1.165) is 15.5 Å². The molecule has 3 nitrogen and oxygen atoms in total. The second-order valence-corrected chi connectivity index (χ2v) is 7.72. The highest BCUT2D eigenvalue weighted by atomic mass is 35.5. The fraction of sp³-hybridized carbons (Fsp3) is 0.222. The van der Waals surface area contributed by atoms with Gasteiger partial charge in [0.15, 0.2) is 0 Å². The Labute approximate surface area is 144 Å². The van der Waals surface area contributed by atoms with Crippen molar-refractivity contribution >= 4 is 22.9 Å². The van der Waals surface area contributed by atoms with Crippen molar-refractivity contribution in [2.45, 2.75) is 26.2 Å². The summed E-state index contributed by atoms with van der Waals surface area (Å²) in [4.78, 5) is 9.56. The minimum absolute atomic E-state index is 0.0724. The van der Waals surface area contributed by atoms with Crippen LogP contribution in [0.4, 0.5) is 0 Å². The Hall–Kier alpha value is -2.09. The number of hydrogen-bond donors (Lipinski definition) is 0. The van der Waals surface area contributed by atoms with Crippen LogP contribution in [0.15, 0.2) is 41.3 Å². The van der Waals surface area contributed by atoms with Crippen LogP contribution >= 0.6 is 22.9 Å². The van der Waals surface area contributed by atoms with Gasteiger partial charge in [0.25, 0.3) is 0 Å². The lowest BCUT2D eigenvalue weighted by molar-refractivity contribution is 0.572. The summed E-state index contributed by atoms with van der Waals surface area (Å²) in [6.45, 7) is 6.49. The molecule has 0 N–H and O–H groups in total. The van der Waals surface area contributed by atoms with Crippen LogP contribution in [0, 0.1) is 11.8 Å². The molecule has 5 heteroatoms. The molecule has 0 atom stereocenters. The van der Waals surface area contributed by atoms with E-state index in [-0.39, 0.29) is 5.41 Å². The maximum Gasteiger partial charge on any atom is 0.245 e. The Bertz CT molecular complexity index is 880. The summed E-state index contributed by atoms with van der Waals surface area (Å²) in [5.74, 6) is 6.76. The third-order valence-corrected chi connectivity index (χ3v) is 4.96. The summed E-state index contributed by atoms with van der Waals surface area (Å²) in [5.41, 5.74) is 2.43. The molecule has 3 rings (SSSR count). The van der Waals surface area contributed by atoms with E-state index in [2.05, 4.69) is 48.6 Å². The summed E-state index contributed by atoms with van der Waals surface area (Å²) in [7, 11) is 0. The minimum Gasteiger partial charge on any atom is -0.443 e. The highest BCUT2D eigenvalue weighted by Crippen LogP contribution is 2.35. The van der Waals surface area contributed by atoms with Gasteiger partial charge in [0.2, 0.25) is 5.89 Å². The molecule has 0 aliphatic rings. The van der Waals surface area contributed by atoms with Crippen LogP contribution < -0.4 is 0 Å². The molecule has 0 saturated heterocycles. The normalized spacial score (nSPS) is 11.1. The van der Waals surface area contributed by atoms with E-state index in [1.54, 1.807) is 23.7 Å². The summed E-state index contributed by atoms with van der Waals surface area (Å²) in [6.07, 6.45) is 4.81. The maximum absolute atomic E-state index is 6.31. The lowest BCUT2D eigenvalue weighted by atomic mass is 9.94. The van der Waals surface area contributed by atoms with Crippen LogP contribution in [0.2, 0.25) is 4.34 Å². The van der Waals surface area contributed by atoms with Gasteiger partial charge in [0.1, 0.15) is 16.3 Å². The number of thiophene rings is 1. The van der Waals surface area contributed by atoms with Crippen molar-refractivity contribution in [2.24, 2.45) is 0 Å². The summed E-state index contributed by atoms with van der Waals surface area (Å²) in [6, 6.07) is 5.77. The fourth-order valence-corrected chi connectivity index (χ4v) is 3.19. The van der Waals surface area contributed by atoms with Crippen molar-refractivity contribution in [2.75, 3.05) is 0 Å². The number of oxazole rings is 1. The van der Waals surface area contributed by atoms with Gasteiger partial charge in [-0.15, -0.1) is 11.3 Å². The molecule has 3 heterocycles. The first-order chi connectivity index (χ1) is 10.9. The van der Waals surface area contributed by atoms with Crippen molar-refractivity contribution in [3.63, 3.8) is 0 Å². The van der Waals surface area contributed by atoms with Gasteiger partial charge in [-0.1, -0.05) is 44.2 Å². The van der Waals surface area contributed by atoms with Gasteiger partial charge in [-0.05, 0) is 23.6 Å². The topological polar surface area (TPSA) is 38.9 Å². The molecule has 0 aromatic carbocycles. The number of pyridine rings is 1. The molecule has 116 valence electrons. The first-order valence-electron chi connectivity index (χ1n) is 7.11. The van der Waals surface area contributed by atoms with Crippen LogP contribution in [0.25, 0.3) is 11.6 Å². The lowest BCUT2D eigenvalue weighted by Gasteiger charge is -2.14. The molecular weight excluding hydrogens is 328 g/mol. The minimum atomic E-state index is 0.0724. The van der Waals surface area contributed by atoms with Crippen molar-refractivity contribution in [1.82, 2.24) is 9.97 Å². The van der Waals surface area contributed by atoms with Crippen LogP contribution in [0.1, 0.15) is 36.8 Å². The van der Waals surface area contributed by atoms with Gasteiger partial charge in [-0.2, -0.15) is 0 Å².